The quantitative estimate of drug-likeness (QED) is 0.906. The van der Waals surface area contributed by atoms with Crippen molar-refractivity contribution < 1.29 is 4.74 Å². The Bertz CT molecular complexity index is 591. The summed E-state index contributed by atoms with van der Waals surface area (Å²) in [6, 6.07) is 10.6. The van der Waals surface area contributed by atoms with Gasteiger partial charge in [-0.1, -0.05) is 0 Å². The average Bonchev–Trinajstić information content (AvgIpc) is 3.29. The second-order valence-electron chi connectivity index (χ2n) is 5.19. The van der Waals surface area contributed by atoms with E-state index in [0.29, 0.717) is 6.04 Å². The van der Waals surface area contributed by atoms with E-state index in [1.54, 1.807) is 7.11 Å². The van der Waals surface area contributed by atoms with E-state index in [2.05, 4.69) is 15.3 Å². The fourth-order valence-corrected chi connectivity index (χ4v) is 2.14. The maximum atomic E-state index is 5.18. The predicted molar refractivity (Wildman–Crippen MR) is 78.6 cm³/mol. The van der Waals surface area contributed by atoms with Gasteiger partial charge in [0.1, 0.15) is 11.6 Å². The van der Waals surface area contributed by atoms with Gasteiger partial charge in [-0.25, -0.2) is 9.97 Å². The van der Waals surface area contributed by atoms with Crippen molar-refractivity contribution in [2.45, 2.75) is 32.4 Å². The summed E-state index contributed by atoms with van der Waals surface area (Å²) in [5, 5.41) is 3.45. The first kappa shape index (κ1) is 13.1. The molecule has 1 heterocycles. The number of ether oxygens (including phenoxy) is 1. The lowest BCUT2D eigenvalue weighted by molar-refractivity contribution is 0.415. The zero-order valence-corrected chi connectivity index (χ0v) is 11.9. The van der Waals surface area contributed by atoms with Crippen LogP contribution in [-0.2, 0) is 6.54 Å². The molecule has 1 aromatic heterocycles. The van der Waals surface area contributed by atoms with Gasteiger partial charge in [-0.15, -0.1) is 0 Å². The largest absolute Gasteiger partial charge is 0.497 e. The SMILES string of the molecule is COc1ccc(-c2cc(C)nc(CNC3CC3)n2)cc1. The highest BCUT2D eigenvalue weighted by atomic mass is 16.5. The molecule has 2 aromatic rings. The molecule has 0 bridgehead atoms. The maximum Gasteiger partial charge on any atom is 0.143 e. The Balaban J connectivity index is 1.82. The lowest BCUT2D eigenvalue weighted by atomic mass is 10.1. The molecule has 1 aliphatic rings. The van der Waals surface area contributed by atoms with E-state index in [1.165, 1.54) is 12.8 Å². The molecule has 0 atom stereocenters. The van der Waals surface area contributed by atoms with Gasteiger partial charge >= 0.3 is 0 Å². The summed E-state index contributed by atoms with van der Waals surface area (Å²) in [6.07, 6.45) is 2.55. The molecule has 1 aliphatic carbocycles. The normalized spacial score (nSPS) is 14.3. The number of hydrogen-bond donors (Lipinski definition) is 1. The van der Waals surface area contributed by atoms with Gasteiger partial charge in [0.05, 0.1) is 19.3 Å². The third kappa shape index (κ3) is 3.14. The van der Waals surface area contributed by atoms with Crippen LogP contribution in [0.4, 0.5) is 0 Å². The smallest absolute Gasteiger partial charge is 0.143 e. The molecule has 0 unspecified atom stereocenters. The lowest BCUT2D eigenvalue weighted by Gasteiger charge is -2.07. The molecule has 4 heteroatoms. The Hall–Kier alpha value is -1.94. The second-order valence-corrected chi connectivity index (χ2v) is 5.19. The first-order valence-electron chi connectivity index (χ1n) is 6.97. The van der Waals surface area contributed by atoms with Crippen LogP contribution in [0.3, 0.4) is 0 Å². The minimum absolute atomic E-state index is 0.670. The zero-order valence-electron chi connectivity index (χ0n) is 11.9. The first-order valence-corrected chi connectivity index (χ1v) is 6.97. The van der Waals surface area contributed by atoms with Crippen molar-refractivity contribution in [2.24, 2.45) is 0 Å². The van der Waals surface area contributed by atoms with Crippen LogP contribution in [0.1, 0.15) is 24.4 Å². The van der Waals surface area contributed by atoms with E-state index in [0.717, 1.165) is 35.1 Å². The summed E-state index contributed by atoms with van der Waals surface area (Å²) < 4.78 is 5.18. The van der Waals surface area contributed by atoms with Crippen LogP contribution >= 0.6 is 0 Å². The van der Waals surface area contributed by atoms with Crippen LogP contribution in [0.5, 0.6) is 5.75 Å². The summed E-state index contributed by atoms with van der Waals surface area (Å²) in [5.41, 5.74) is 3.05. The molecule has 104 valence electrons. The van der Waals surface area contributed by atoms with Crippen molar-refractivity contribution in [2.75, 3.05) is 7.11 Å². The van der Waals surface area contributed by atoms with Gasteiger partial charge in [-0.3, -0.25) is 0 Å². The average molecular weight is 269 g/mol. The molecule has 1 aromatic carbocycles. The maximum absolute atomic E-state index is 5.18. The van der Waals surface area contributed by atoms with E-state index in [4.69, 9.17) is 4.74 Å². The molecule has 4 nitrogen and oxygen atoms in total. The van der Waals surface area contributed by atoms with Crippen LogP contribution in [0, 0.1) is 6.92 Å². The molecule has 1 fully saturated rings. The van der Waals surface area contributed by atoms with Gasteiger partial charge in [0.25, 0.3) is 0 Å². The predicted octanol–water partition coefficient (Wildman–Crippen LogP) is 2.71. The van der Waals surface area contributed by atoms with E-state index >= 15 is 0 Å². The van der Waals surface area contributed by atoms with Crippen LogP contribution in [0.15, 0.2) is 30.3 Å². The Labute approximate surface area is 119 Å². The number of nitrogens with one attached hydrogen (secondary N) is 1. The second kappa shape index (κ2) is 5.59. The minimum Gasteiger partial charge on any atom is -0.497 e. The van der Waals surface area contributed by atoms with Crippen molar-refractivity contribution in [1.29, 1.82) is 0 Å². The Morgan fingerprint density at radius 2 is 1.95 bits per heavy atom. The molecule has 3 rings (SSSR count). The van der Waals surface area contributed by atoms with E-state index in [1.807, 2.05) is 37.3 Å². The lowest BCUT2D eigenvalue weighted by Crippen LogP contribution is -2.17. The topological polar surface area (TPSA) is 47.0 Å². The fourth-order valence-electron chi connectivity index (χ4n) is 2.14. The van der Waals surface area contributed by atoms with Gasteiger partial charge in [0, 0.05) is 17.3 Å². The Morgan fingerprint density at radius 3 is 2.60 bits per heavy atom. The first-order chi connectivity index (χ1) is 9.74. The number of benzene rings is 1. The molecule has 0 saturated heterocycles. The Kier molecular flexibility index (Phi) is 3.65. The van der Waals surface area contributed by atoms with Crippen molar-refractivity contribution in [3.05, 3.63) is 41.9 Å². The summed E-state index contributed by atoms with van der Waals surface area (Å²) in [7, 11) is 1.67. The number of aryl methyl sites for hydroxylation is 1. The third-order valence-corrected chi connectivity index (χ3v) is 3.41. The van der Waals surface area contributed by atoms with Gasteiger partial charge < -0.3 is 10.1 Å². The standard InChI is InChI=1S/C16H19N3O/c1-11-9-15(12-3-7-14(20-2)8-4-12)19-16(18-11)10-17-13-5-6-13/h3-4,7-9,13,17H,5-6,10H2,1-2H3. The zero-order chi connectivity index (χ0) is 13.9. The third-order valence-electron chi connectivity index (χ3n) is 3.41. The molecule has 0 aliphatic heterocycles. The molecule has 1 saturated carbocycles. The van der Waals surface area contributed by atoms with Crippen molar-refractivity contribution >= 4 is 0 Å². The molecule has 0 spiro atoms. The molecular weight excluding hydrogens is 250 g/mol. The molecule has 1 N–H and O–H groups in total. The fraction of sp³-hybridized carbons (Fsp3) is 0.375. The number of hydrogen-bond acceptors (Lipinski definition) is 4. The summed E-state index contributed by atoms with van der Waals surface area (Å²) in [5.74, 6) is 1.72. The van der Waals surface area contributed by atoms with Crippen LogP contribution in [0.25, 0.3) is 11.3 Å². The minimum atomic E-state index is 0.670. The van der Waals surface area contributed by atoms with Gasteiger partial charge in [0.15, 0.2) is 0 Å². The van der Waals surface area contributed by atoms with Crippen LogP contribution < -0.4 is 10.1 Å². The van der Waals surface area contributed by atoms with E-state index < -0.39 is 0 Å². The van der Waals surface area contributed by atoms with Crippen LogP contribution in [-0.4, -0.2) is 23.1 Å². The van der Waals surface area contributed by atoms with Crippen molar-refractivity contribution in [3.8, 4) is 17.0 Å². The highest BCUT2D eigenvalue weighted by Gasteiger charge is 2.20. The summed E-state index contributed by atoms with van der Waals surface area (Å²) in [6.45, 7) is 2.75. The number of nitrogens with zero attached hydrogens (tertiary/aromatic N) is 2. The van der Waals surface area contributed by atoms with Gasteiger partial charge in [0.2, 0.25) is 0 Å². The van der Waals surface area contributed by atoms with Crippen molar-refractivity contribution in [1.82, 2.24) is 15.3 Å². The van der Waals surface area contributed by atoms with Crippen molar-refractivity contribution in [3.63, 3.8) is 0 Å². The summed E-state index contributed by atoms with van der Waals surface area (Å²) >= 11 is 0. The van der Waals surface area contributed by atoms with Gasteiger partial charge in [-0.05, 0) is 50.1 Å². The summed E-state index contributed by atoms with van der Waals surface area (Å²) in [4.78, 5) is 9.14. The Morgan fingerprint density at radius 1 is 1.20 bits per heavy atom. The number of rotatable bonds is 5. The van der Waals surface area contributed by atoms with Crippen LogP contribution in [0.2, 0.25) is 0 Å². The van der Waals surface area contributed by atoms with E-state index in [-0.39, 0.29) is 0 Å². The molecule has 20 heavy (non-hydrogen) atoms. The van der Waals surface area contributed by atoms with Gasteiger partial charge in [-0.2, -0.15) is 0 Å². The highest BCUT2D eigenvalue weighted by molar-refractivity contribution is 5.60. The number of aromatic nitrogens is 2. The highest BCUT2D eigenvalue weighted by Crippen LogP contribution is 2.22. The molecule has 0 radical (unpaired) electrons. The monoisotopic (exact) mass is 269 g/mol. The molecular formula is C16H19N3O. The molecule has 0 amide bonds. The van der Waals surface area contributed by atoms with E-state index in [9.17, 15) is 0 Å². The number of methoxy groups -OCH3 is 1.